The number of fused-ring (bicyclic) bond motifs is 3. The van der Waals surface area contributed by atoms with Gasteiger partial charge in [0.1, 0.15) is 17.4 Å². The zero-order valence-corrected chi connectivity index (χ0v) is 10.9. The summed E-state index contributed by atoms with van der Waals surface area (Å²) in [6, 6.07) is 7.99. The second-order valence-corrected chi connectivity index (χ2v) is 4.50. The number of benzene rings is 1. The van der Waals surface area contributed by atoms with Gasteiger partial charge >= 0.3 is 0 Å². The lowest BCUT2D eigenvalue weighted by Crippen LogP contribution is -2.21. The summed E-state index contributed by atoms with van der Waals surface area (Å²) in [7, 11) is 1.68. The van der Waals surface area contributed by atoms with Crippen LogP contribution in [0.5, 0.6) is 0 Å². The number of ether oxygens (including phenoxy) is 1. The lowest BCUT2D eigenvalue weighted by atomic mass is 10.2. The predicted octanol–water partition coefficient (Wildman–Crippen LogP) is 2.82. The van der Waals surface area contributed by atoms with Crippen molar-refractivity contribution in [1.82, 2.24) is 9.97 Å². The van der Waals surface area contributed by atoms with Gasteiger partial charge in [0.2, 0.25) is 0 Å². The van der Waals surface area contributed by atoms with Crippen LogP contribution in [0.1, 0.15) is 6.92 Å². The molecule has 3 aromatic rings. The first kappa shape index (κ1) is 11.9. The van der Waals surface area contributed by atoms with Crippen molar-refractivity contribution in [3.8, 4) is 0 Å². The summed E-state index contributed by atoms with van der Waals surface area (Å²) in [6.45, 7) is 2.63. The van der Waals surface area contributed by atoms with Crippen molar-refractivity contribution in [2.75, 3.05) is 19.0 Å². The second-order valence-electron chi connectivity index (χ2n) is 4.50. The van der Waals surface area contributed by atoms with Crippen LogP contribution in [0.2, 0.25) is 0 Å². The molecule has 0 amide bonds. The quantitative estimate of drug-likeness (QED) is 0.778. The Kier molecular flexibility index (Phi) is 3.05. The molecule has 1 atom stereocenters. The van der Waals surface area contributed by atoms with E-state index < -0.39 is 0 Å². The van der Waals surface area contributed by atoms with Gasteiger partial charge in [0.15, 0.2) is 11.4 Å². The maximum absolute atomic E-state index is 5.83. The molecule has 2 aromatic heterocycles. The Labute approximate surface area is 110 Å². The molecule has 1 unspecified atom stereocenters. The molecule has 0 bridgehead atoms. The van der Waals surface area contributed by atoms with Gasteiger partial charge in [0.05, 0.1) is 6.61 Å². The van der Waals surface area contributed by atoms with Crippen LogP contribution in [0.4, 0.5) is 5.82 Å². The standard InChI is InChI=1S/C14H15N3O2/c1-9(7-18-2)17-14-13-12(15-8-16-14)10-5-3-4-6-11(10)19-13/h3-6,8-9H,7H2,1-2H3,(H,15,16,17). The molecular formula is C14H15N3O2. The Morgan fingerprint density at radius 3 is 3.00 bits per heavy atom. The van der Waals surface area contributed by atoms with E-state index in [0.29, 0.717) is 18.0 Å². The number of hydrogen-bond acceptors (Lipinski definition) is 5. The summed E-state index contributed by atoms with van der Waals surface area (Å²) < 4.78 is 10.9. The van der Waals surface area contributed by atoms with E-state index in [1.54, 1.807) is 13.4 Å². The number of nitrogens with one attached hydrogen (secondary N) is 1. The largest absolute Gasteiger partial charge is 0.450 e. The highest BCUT2D eigenvalue weighted by Crippen LogP contribution is 2.30. The monoisotopic (exact) mass is 257 g/mol. The average Bonchev–Trinajstić information content (AvgIpc) is 2.79. The Balaban J connectivity index is 2.10. The van der Waals surface area contributed by atoms with E-state index in [4.69, 9.17) is 9.15 Å². The fourth-order valence-electron chi connectivity index (χ4n) is 2.15. The number of rotatable bonds is 4. The SMILES string of the molecule is COCC(C)Nc1ncnc2c1oc1ccccc12. The number of anilines is 1. The molecule has 0 aliphatic heterocycles. The third-order valence-electron chi connectivity index (χ3n) is 2.96. The van der Waals surface area contributed by atoms with Crippen molar-refractivity contribution in [3.05, 3.63) is 30.6 Å². The smallest absolute Gasteiger partial charge is 0.196 e. The summed E-state index contributed by atoms with van der Waals surface area (Å²) in [5, 5.41) is 4.28. The lowest BCUT2D eigenvalue weighted by molar-refractivity contribution is 0.190. The summed E-state index contributed by atoms with van der Waals surface area (Å²) in [6.07, 6.45) is 1.55. The van der Waals surface area contributed by atoms with Gasteiger partial charge in [0, 0.05) is 18.5 Å². The zero-order valence-electron chi connectivity index (χ0n) is 10.9. The molecule has 3 rings (SSSR count). The van der Waals surface area contributed by atoms with Gasteiger partial charge < -0.3 is 14.5 Å². The van der Waals surface area contributed by atoms with Crippen molar-refractivity contribution in [3.63, 3.8) is 0 Å². The first-order valence-corrected chi connectivity index (χ1v) is 6.17. The molecule has 0 saturated heterocycles. The summed E-state index contributed by atoms with van der Waals surface area (Å²) in [5.74, 6) is 0.700. The molecule has 0 radical (unpaired) electrons. The Bertz CT molecular complexity index is 708. The van der Waals surface area contributed by atoms with Crippen molar-refractivity contribution in [2.45, 2.75) is 13.0 Å². The van der Waals surface area contributed by atoms with E-state index in [1.807, 2.05) is 31.2 Å². The average molecular weight is 257 g/mol. The third-order valence-corrected chi connectivity index (χ3v) is 2.96. The highest BCUT2D eigenvalue weighted by atomic mass is 16.5. The van der Waals surface area contributed by atoms with Crippen LogP contribution in [0.25, 0.3) is 22.1 Å². The van der Waals surface area contributed by atoms with Crippen LogP contribution >= 0.6 is 0 Å². The van der Waals surface area contributed by atoms with Crippen LogP contribution in [0, 0.1) is 0 Å². The zero-order chi connectivity index (χ0) is 13.2. The molecular weight excluding hydrogens is 242 g/mol. The van der Waals surface area contributed by atoms with E-state index in [1.165, 1.54) is 0 Å². The number of hydrogen-bond donors (Lipinski definition) is 1. The summed E-state index contributed by atoms with van der Waals surface area (Å²) in [4.78, 5) is 8.56. The van der Waals surface area contributed by atoms with E-state index >= 15 is 0 Å². The fourth-order valence-corrected chi connectivity index (χ4v) is 2.15. The molecule has 0 aliphatic rings. The lowest BCUT2D eigenvalue weighted by Gasteiger charge is -2.12. The second kappa shape index (κ2) is 4.85. The molecule has 5 nitrogen and oxygen atoms in total. The first-order valence-electron chi connectivity index (χ1n) is 6.17. The summed E-state index contributed by atoms with van der Waals surface area (Å²) in [5.41, 5.74) is 2.34. The van der Waals surface area contributed by atoms with E-state index in [2.05, 4.69) is 15.3 Å². The number of nitrogens with zero attached hydrogens (tertiary/aromatic N) is 2. The van der Waals surface area contributed by atoms with Gasteiger partial charge in [-0.15, -0.1) is 0 Å². The van der Waals surface area contributed by atoms with Crippen molar-refractivity contribution < 1.29 is 9.15 Å². The van der Waals surface area contributed by atoms with Crippen molar-refractivity contribution >= 4 is 27.9 Å². The minimum Gasteiger partial charge on any atom is -0.450 e. The molecule has 5 heteroatoms. The molecule has 98 valence electrons. The Hall–Kier alpha value is -2.14. The van der Waals surface area contributed by atoms with E-state index in [-0.39, 0.29) is 6.04 Å². The van der Waals surface area contributed by atoms with Gasteiger partial charge in [-0.1, -0.05) is 12.1 Å². The molecule has 0 spiro atoms. The topological polar surface area (TPSA) is 60.2 Å². The van der Waals surface area contributed by atoms with Crippen molar-refractivity contribution in [2.24, 2.45) is 0 Å². The van der Waals surface area contributed by atoms with Crippen LogP contribution in [-0.4, -0.2) is 29.7 Å². The van der Waals surface area contributed by atoms with Gasteiger partial charge in [-0.3, -0.25) is 0 Å². The number of aromatic nitrogens is 2. The normalized spacial score (nSPS) is 12.9. The van der Waals surface area contributed by atoms with Crippen LogP contribution in [0.15, 0.2) is 35.0 Å². The van der Waals surface area contributed by atoms with E-state index in [9.17, 15) is 0 Å². The Morgan fingerprint density at radius 1 is 1.32 bits per heavy atom. The molecule has 19 heavy (non-hydrogen) atoms. The maximum Gasteiger partial charge on any atom is 0.196 e. The molecule has 1 aromatic carbocycles. The molecule has 1 N–H and O–H groups in total. The first-order chi connectivity index (χ1) is 9.29. The minimum absolute atomic E-state index is 0.149. The molecule has 0 aliphatic carbocycles. The number of methoxy groups -OCH3 is 1. The van der Waals surface area contributed by atoms with Crippen LogP contribution in [-0.2, 0) is 4.74 Å². The maximum atomic E-state index is 5.83. The molecule has 2 heterocycles. The molecule has 0 fully saturated rings. The predicted molar refractivity (Wildman–Crippen MR) is 74.3 cm³/mol. The van der Waals surface area contributed by atoms with Crippen LogP contribution in [0.3, 0.4) is 0 Å². The van der Waals surface area contributed by atoms with E-state index in [0.717, 1.165) is 16.5 Å². The van der Waals surface area contributed by atoms with Crippen LogP contribution < -0.4 is 5.32 Å². The minimum atomic E-state index is 0.149. The fraction of sp³-hybridized carbons (Fsp3) is 0.286. The molecule has 0 saturated carbocycles. The van der Waals surface area contributed by atoms with Gasteiger partial charge in [-0.05, 0) is 19.1 Å². The number of para-hydroxylation sites is 1. The van der Waals surface area contributed by atoms with Gasteiger partial charge in [-0.2, -0.15) is 0 Å². The third kappa shape index (κ3) is 2.13. The highest BCUT2D eigenvalue weighted by molar-refractivity contribution is 6.05. The highest BCUT2D eigenvalue weighted by Gasteiger charge is 2.13. The van der Waals surface area contributed by atoms with Crippen molar-refractivity contribution in [1.29, 1.82) is 0 Å². The summed E-state index contributed by atoms with van der Waals surface area (Å²) >= 11 is 0. The van der Waals surface area contributed by atoms with Gasteiger partial charge in [0.25, 0.3) is 0 Å². The Morgan fingerprint density at radius 2 is 2.16 bits per heavy atom. The van der Waals surface area contributed by atoms with Gasteiger partial charge in [-0.25, -0.2) is 9.97 Å². The number of furan rings is 1.